The molecule has 0 unspecified atom stereocenters. The molecule has 2 fully saturated rings. The van der Waals surface area contributed by atoms with Crippen molar-refractivity contribution in [3.8, 4) is 5.88 Å². The summed E-state index contributed by atoms with van der Waals surface area (Å²) in [6.45, 7) is 7.17. The van der Waals surface area contributed by atoms with E-state index in [4.69, 9.17) is 4.74 Å². The summed E-state index contributed by atoms with van der Waals surface area (Å²) in [5.41, 5.74) is 0.996. The molecule has 0 atom stereocenters. The minimum atomic E-state index is -0.0354. The number of nitrogens with one attached hydrogen (secondary N) is 1. The van der Waals surface area contributed by atoms with Gasteiger partial charge in [-0.3, -0.25) is 4.79 Å². The Balaban J connectivity index is 1.44. The van der Waals surface area contributed by atoms with E-state index in [1.54, 1.807) is 6.20 Å². The van der Waals surface area contributed by atoms with E-state index in [2.05, 4.69) is 10.3 Å². The van der Waals surface area contributed by atoms with Gasteiger partial charge in [0.25, 0.3) is 0 Å². The zero-order valence-corrected chi connectivity index (χ0v) is 17.7. The Morgan fingerprint density at radius 2 is 1.86 bits per heavy atom. The number of pyridine rings is 1. The predicted molar refractivity (Wildman–Crippen MR) is 112 cm³/mol. The van der Waals surface area contributed by atoms with Crippen LogP contribution in [0.25, 0.3) is 0 Å². The standard InChI is InChI=1S/C22H34N4O3/c1-3-25(4-2)22(28)26-13-10-18(11-14-26)21(27)24-16-17-9-12-23-20(15-17)29-19-7-5-6-8-19/h9,12,15,18-19H,3-8,10-11,13-14,16H2,1-2H3,(H,24,27). The van der Waals surface area contributed by atoms with E-state index in [1.807, 2.05) is 35.8 Å². The zero-order chi connectivity index (χ0) is 20.6. The minimum Gasteiger partial charge on any atom is -0.474 e. The molecule has 1 aromatic rings. The first kappa shape index (κ1) is 21.4. The molecule has 160 valence electrons. The number of carbonyl (C=O) groups excluding carboxylic acids is 2. The van der Waals surface area contributed by atoms with Crippen LogP contribution in [0.5, 0.6) is 5.88 Å². The van der Waals surface area contributed by atoms with Gasteiger partial charge in [-0.15, -0.1) is 0 Å². The van der Waals surface area contributed by atoms with Crippen molar-refractivity contribution >= 4 is 11.9 Å². The number of urea groups is 1. The lowest BCUT2D eigenvalue weighted by Crippen LogP contribution is -2.48. The summed E-state index contributed by atoms with van der Waals surface area (Å²) >= 11 is 0. The summed E-state index contributed by atoms with van der Waals surface area (Å²) in [5.74, 6) is 0.675. The summed E-state index contributed by atoms with van der Waals surface area (Å²) < 4.78 is 5.95. The molecule has 3 rings (SSSR count). The van der Waals surface area contributed by atoms with Crippen molar-refractivity contribution in [2.75, 3.05) is 26.2 Å². The van der Waals surface area contributed by atoms with Gasteiger partial charge >= 0.3 is 6.03 Å². The largest absolute Gasteiger partial charge is 0.474 e. The maximum Gasteiger partial charge on any atom is 0.319 e. The number of ether oxygens (including phenoxy) is 1. The summed E-state index contributed by atoms with van der Waals surface area (Å²) in [7, 11) is 0. The number of rotatable bonds is 7. The molecule has 29 heavy (non-hydrogen) atoms. The Morgan fingerprint density at radius 3 is 2.52 bits per heavy atom. The first-order valence-electron chi connectivity index (χ1n) is 11.0. The highest BCUT2D eigenvalue weighted by Gasteiger charge is 2.28. The monoisotopic (exact) mass is 402 g/mol. The molecule has 1 N–H and O–H groups in total. The number of amides is 3. The van der Waals surface area contributed by atoms with Crippen LogP contribution in [0.4, 0.5) is 4.79 Å². The van der Waals surface area contributed by atoms with Gasteiger partial charge in [0, 0.05) is 50.9 Å². The lowest BCUT2D eigenvalue weighted by molar-refractivity contribution is -0.126. The maximum atomic E-state index is 12.6. The van der Waals surface area contributed by atoms with Gasteiger partial charge in [-0.2, -0.15) is 0 Å². The van der Waals surface area contributed by atoms with Crippen LogP contribution >= 0.6 is 0 Å². The van der Waals surface area contributed by atoms with Gasteiger partial charge in [0.1, 0.15) is 6.10 Å². The van der Waals surface area contributed by atoms with Gasteiger partial charge in [0.2, 0.25) is 11.8 Å². The van der Waals surface area contributed by atoms with Crippen LogP contribution in [-0.2, 0) is 11.3 Å². The molecule has 0 bridgehead atoms. The molecule has 3 amide bonds. The predicted octanol–water partition coefficient (Wildman–Crippen LogP) is 3.19. The van der Waals surface area contributed by atoms with Crippen molar-refractivity contribution in [3.05, 3.63) is 23.9 Å². The Labute approximate surface area is 173 Å². The van der Waals surface area contributed by atoms with Gasteiger partial charge in [0.15, 0.2) is 0 Å². The number of likely N-dealkylation sites (tertiary alicyclic amines) is 1. The molecular formula is C22H34N4O3. The van der Waals surface area contributed by atoms with E-state index in [1.165, 1.54) is 12.8 Å². The third-order valence-corrected chi connectivity index (χ3v) is 6.03. The number of carbonyl (C=O) groups is 2. The van der Waals surface area contributed by atoms with Crippen molar-refractivity contribution < 1.29 is 14.3 Å². The summed E-state index contributed by atoms with van der Waals surface area (Å²) in [6.07, 6.45) is 8.08. The average Bonchev–Trinajstić information content (AvgIpc) is 3.26. The van der Waals surface area contributed by atoms with Crippen molar-refractivity contribution in [1.29, 1.82) is 0 Å². The molecule has 7 heteroatoms. The lowest BCUT2D eigenvalue weighted by atomic mass is 9.96. The van der Waals surface area contributed by atoms with Crippen LogP contribution in [0.2, 0.25) is 0 Å². The number of nitrogens with zero attached hydrogens (tertiary/aromatic N) is 3. The van der Waals surface area contributed by atoms with Crippen LogP contribution in [0, 0.1) is 5.92 Å². The number of piperidine rings is 1. The Kier molecular flexibility index (Phi) is 7.72. The van der Waals surface area contributed by atoms with Gasteiger partial charge in [-0.25, -0.2) is 9.78 Å². The molecule has 1 aliphatic heterocycles. The highest BCUT2D eigenvalue weighted by Crippen LogP contribution is 2.23. The van der Waals surface area contributed by atoms with E-state index in [9.17, 15) is 9.59 Å². The van der Waals surface area contributed by atoms with Gasteiger partial charge < -0.3 is 19.9 Å². The first-order chi connectivity index (χ1) is 14.1. The third-order valence-electron chi connectivity index (χ3n) is 6.03. The van der Waals surface area contributed by atoms with Crippen molar-refractivity contribution in [2.45, 2.75) is 65.0 Å². The molecule has 0 spiro atoms. The van der Waals surface area contributed by atoms with Crippen molar-refractivity contribution in [1.82, 2.24) is 20.1 Å². The zero-order valence-electron chi connectivity index (χ0n) is 17.7. The van der Waals surface area contributed by atoms with Crippen LogP contribution < -0.4 is 10.1 Å². The van der Waals surface area contributed by atoms with Crippen LogP contribution in [0.3, 0.4) is 0 Å². The normalized spacial score (nSPS) is 17.9. The van der Waals surface area contributed by atoms with Gasteiger partial charge in [-0.05, 0) is 64.0 Å². The van der Waals surface area contributed by atoms with Crippen molar-refractivity contribution in [3.63, 3.8) is 0 Å². The van der Waals surface area contributed by atoms with E-state index in [-0.39, 0.29) is 24.0 Å². The average molecular weight is 403 g/mol. The lowest BCUT2D eigenvalue weighted by Gasteiger charge is -2.34. The fourth-order valence-electron chi connectivity index (χ4n) is 4.16. The fraction of sp³-hybridized carbons (Fsp3) is 0.682. The Hall–Kier alpha value is -2.31. The highest BCUT2D eigenvalue weighted by atomic mass is 16.5. The summed E-state index contributed by atoms with van der Waals surface area (Å²) in [4.78, 5) is 33.0. The number of hydrogen-bond acceptors (Lipinski definition) is 4. The quantitative estimate of drug-likeness (QED) is 0.760. The molecule has 1 saturated carbocycles. The van der Waals surface area contributed by atoms with E-state index >= 15 is 0 Å². The SMILES string of the molecule is CCN(CC)C(=O)N1CCC(C(=O)NCc2ccnc(OC3CCCC3)c2)CC1. The third kappa shape index (κ3) is 5.84. The second-order valence-electron chi connectivity index (χ2n) is 7.96. The molecular weight excluding hydrogens is 368 g/mol. The van der Waals surface area contributed by atoms with Crippen LogP contribution in [-0.4, -0.2) is 59.0 Å². The molecule has 2 heterocycles. The fourth-order valence-corrected chi connectivity index (χ4v) is 4.16. The molecule has 1 saturated heterocycles. The second-order valence-corrected chi connectivity index (χ2v) is 7.96. The minimum absolute atomic E-state index is 0.0354. The van der Waals surface area contributed by atoms with Gasteiger partial charge in [-0.1, -0.05) is 0 Å². The molecule has 1 aromatic heterocycles. The number of hydrogen-bond donors (Lipinski definition) is 1. The van der Waals surface area contributed by atoms with Crippen LogP contribution in [0.1, 0.15) is 57.9 Å². The molecule has 7 nitrogen and oxygen atoms in total. The van der Waals surface area contributed by atoms with E-state index in [0.29, 0.717) is 51.4 Å². The molecule has 1 aliphatic carbocycles. The number of aromatic nitrogens is 1. The topological polar surface area (TPSA) is 74.8 Å². The van der Waals surface area contributed by atoms with Crippen LogP contribution in [0.15, 0.2) is 18.3 Å². The van der Waals surface area contributed by atoms with Gasteiger partial charge in [0.05, 0.1) is 0 Å². The van der Waals surface area contributed by atoms with E-state index in [0.717, 1.165) is 18.4 Å². The summed E-state index contributed by atoms with van der Waals surface area (Å²) in [5, 5.41) is 3.04. The maximum absolute atomic E-state index is 12.6. The second kappa shape index (κ2) is 10.5. The summed E-state index contributed by atoms with van der Waals surface area (Å²) in [6, 6.07) is 3.91. The highest BCUT2D eigenvalue weighted by molar-refractivity contribution is 5.79. The molecule has 2 aliphatic rings. The molecule has 0 aromatic carbocycles. The van der Waals surface area contributed by atoms with Crippen molar-refractivity contribution in [2.24, 2.45) is 5.92 Å². The molecule has 0 radical (unpaired) electrons. The van der Waals surface area contributed by atoms with E-state index < -0.39 is 0 Å². The Bertz CT molecular complexity index is 678. The Morgan fingerprint density at radius 1 is 1.17 bits per heavy atom. The first-order valence-corrected chi connectivity index (χ1v) is 11.0. The smallest absolute Gasteiger partial charge is 0.319 e.